The highest BCUT2D eigenvalue weighted by Gasteiger charge is 2.34. The van der Waals surface area contributed by atoms with E-state index in [1.54, 1.807) is 39.8 Å². The summed E-state index contributed by atoms with van der Waals surface area (Å²) >= 11 is 0. The summed E-state index contributed by atoms with van der Waals surface area (Å²) in [5, 5.41) is 11.9. The first-order valence-electron chi connectivity index (χ1n) is 13.0. The number of piperidine rings is 1. The van der Waals surface area contributed by atoms with Gasteiger partial charge in [0, 0.05) is 62.1 Å². The number of hydrogen-bond donors (Lipinski definition) is 1. The highest BCUT2D eigenvalue weighted by atomic mass is 16.6. The second-order valence-corrected chi connectivity index (χ2v) is 9.58. The summed E-state index contributed by atoms with van der Waals surface area (Å²) < 4.78 is 10.4. The molecule has 0 radical (unpaired) electrons. The summed E-state index contributed by atoms with van der Waals surface area (Å²) in [5.41, 5.74) is 5.38. The molecule has 2 aromatic rings. The van der Waals surface area contributed by atoms with Gasteiger partial charge in [0.1, 0.15) is 6.61 Å². The van der Waals surface area contributed by atoms with Gasteiger partial charge in [0.15, 0.2) is 0 Å². The standard InChI is InChI=1S/C27H32N5O6/c1-2-37-26(34)31-15-13-30(14-16-31)25(33)19-7-8-24(22(17-19)28-36)29-11-9-21(10-12-29)32-23-6-4-3-5-20(23)18-38-27(32)35/h3-8,17,21,28H,2,9-16,18H2,1H3/q-1. The lowest BCUT2D eigenvalue weighted by molar-refractivity contribution is 0.0570. The van der Waals surface area contributed by atoms with Gasteiger partial charge in [0.25, 0.3) is 5.91 Å². The Kier molecular flexibility index (Phi) is 7.54. The minimum atomic E-state index is -0.369. The Morgan fingerprint density at radius 2 is 1.71 bits per heavy atom. The highest BCUT2D eigenvalue weighted by Crippen LogP contribution is 2.35. The number of nitrogens with one attached hydrogen (secondary N) is 1. The zero-order chi connectivity index (χ0) is 26.6. The number of ether oxygens (including phenoxy) is 2. The number of fused-ring (bicyclic) bond motifs is 1. The first-order chi connectivity index (χ1) is 18.5. The number of rotatable bonds is 5. The monoisotopic (exact) mass is 522 g/mol. The summed E-state index contributed by atoms with van der Waals surface area (Å²) in [7, 11) is 0. The van der Waals surface area contributed by atoms with Crippen LogP contribution >= 0.6 is 0 Å². The van der Waals surface area contributed by atoms with Crippen LogP contribution < -0.4 is 15.3 Å². The van der Waals surface area contributed by atoms with Gasteiger partial charge in [0.05, 0.1) is 18.0 Å². The van der Waals surface area contributed by atoms with Crippen molar-refractivity contribution in [2.75, 3.05) is 61.2 Å². The molecule has 1 N–H and O–H groups in total. The van der Waals surface area contributed by atoms with Crippen LogP contribution in [0.1, 0.15) is 35.7 Å². The van der Waals surface area contributed by atoms with E-state index >= 15 is 0 Å². The summed E-state index contributed by atoms with van der Waals surface area (Å²) in [6.07, 6.45) is 0.738. The molecule has 11 heteroatoms. The van der Waals surface area contributed by atoms with Gasteiger partial charge in [-0.15, -0.1) is 0 Å². The maximum absolute atomic E-state index is 13.1. The summed E-state index contributed by atoms with van der Waals surface area (Å²) in [5.74, 6) is -0.183. The predicted octanol–water partition coefficient (Wildman–Crippen LogP) is 3.64. The molecule has 0 saturated carbocycles. The predicted molar refractivity (Wildman–Crippen MR) is 142 cm³/mol. The van der Waals surface area contributed by atoms with Crippen molar-refractivity contribution in [3.63, 3.8) is 0 Å². The normalized spacial score (nSPS) is 18.1. The zero-order valence-corrected chi connectivity index (χ0v) is 21.4. The van der Waals surface area contributed by atoms with Gasteiger partial charge in [-0.3, -0.25) is 9.69 Å². The molecule has 0 spiro atoms. The second kappa shape index (κ2) is 11.2. The third kappa shape index (κ3) is 5.06. The van der Waals surface area contributed by atoms with Crippen molar-refractivity contribution in [1.29, 1.82) is 0 Å². The molecule has 3 heterocycles. The Morgan fingerprint density at radius 3 is 2.42 bits per heavy atom. The Morgan fingerprint density at radius 1 is 1.00 bits per heavy atom. The number of piperazine rings is 1. The van der Waals surface area contributed by atoms with Gasteiger partial charge in [-0.05, 0) is 44.0 Å². The molecule has 0 bridgehead atoms. The molecule has 5 rings (SSSR count). The fourth-order valence-corrected chi connectivity index (χ4v) is 5.40. The minimum Gasteiger partial charge on any atom is -0.761 e. The first-order valence-corrected chi connectivity index (χ1v) is 13.0. The quantitative estimate of drug-likeness (QED) is 0.592. The molecule has 2 saturated heterocycles. The van der Waals surface area contributed by atoms with Gasteiger partial charge < -0.3 is 34.9 Å². The molecule has 0 atom stereocenters. The fraction of sp³-hybridized carbons (Fsp3) is 0.444. The van der Waals surface area contributed by atoms with E-state index in [1.165, 1.54) is 0 Å². The average molecular weight is 523 g/mol. The lowest BCUT2D eigenvalue weighted by atomic mass is 9.99. The molecule has 3 amide bonds. The Labute approximate surface area is 221 Å². The van der Waals surface area contributed by atoms with Crippen LogP contribution in [-0.2, 0) is 16.1 Å². The van der Waals surface area contributed by atoms with Crippen LogP contribution in [0.3, 0.4) is 0 Å². The van der Waals surface area contributed by atoms with Crippen LogP contribution in [0.5, 0.6) is 0 Å². The largest absolute Gasteiger partial charge is 0.761 e. The first kappa shape index (κ1) is 25.7. The van der Waals surface area contributed by atoms with Gasteiger partial charge in [-0.2, -0.15) is 0 Å². The Bertz CT molecular complexity index is 1190. The number of amides is 3. The van der Waals surface area contributed by atoms with E-state index in [0.717, 1.165) is 16.9 Å². The molecule has 3 aliphatic heterocycles. The van der Waals surface area contributed by atoms with Crippen molar-refractivity contribution in [2.24, 2.45) is 0 Å². The zero-order valence-electron chi connectivity index (χ0n) is 21.4. The van der Waals surface area contributed by atoms with Crippen molar-refractivity contribution in [3.05, 3.63) is 58.8 Å². The van der Waals surface area contributed by atoms with E-state index in [9.17, 15) is 19.6 Å². The van der Waals surface area contributed by atoms with Crippen molar-refractivity contribution < 1.29 is 23.9 Å². The molecule has 11 nitrogen and oxygen atoms in total. The summed E-state index contributed by atoms with van der Waals surface area (Å²) in [6.45, 7) is 5.25. The van der Waals surface area contributed by atoms with Crippen LogP contribution in [0.15, 0.2) is 42.5 Å². The van der Waals surface area contributed by atoms with Crippen LogP contribution in [0, 0.1) is 5.21 Å². The maximum atomic E-state index is 13.1. The smallest absolute Gasteiger partial charge is 0.414 e. The van der Waals surface area contributed by atoms with E-state index in [2.05, 4.69) is 4.90 Å². The van der Waals surface area contributed by atoms with Gasteiger partial charge in [-0.25, -0.2) is 9.59 Å². The molecule has 2 aromatic carbocycles. The second-order valence-electron chi connectivity index (χ2n) is 9.58. The van der Waals surface area contributed by atoms with E-state index in [0.29, 0.717) is 70.0 Å². The Balaban J connectivity index is 1.23. The van der Waals surface area contributed by atoms with Crippen LogP contribution in [-0.4, -0.2) is 79.8 Å². The average Bonchev–Trinajstić information content (AvgIpc) is 2.97. The van der Waals surface area contributed by atoms with E-state index in [4.69, 9.17) is 9.47 Å². The number of hydrogen-bond acceptors (Lipinski definition) is 8. The highest BCUT2D eigenvalue weighted by molar-refractivity contribution is 5.96. The van der Waals surface area contributed by atoms with Crippen LogP contribution in [0.2, 0.25) is 0 Å². The van der Waals surface area contributed by atoms with E-state index in [1.807, 2.05) is 29.7 Å². The fourth-order valence-electron chi connectivity index (χ4n) is 5.40. The number of carbonyl (C=O) groups is 3. The number of carbonyl (C=O) groups excluding carboxylic acids is 3. The summed E-state index contributed by atoms with van der Waals surface area (Å²) in [6, 6.07) is 12.9. The van der Waals surface area contributed by atoms with E-state index < -0.39 is 0 Å². The van der Waals surface area contributed by atoms with Crippen molar-refractivity contribution in [1.82, 2.24) is 9.80 Å². The topological polar surface area (TPSA) is 118 Å². The lowest BCUT2D eigenvalue weighted by Crippen LogP contribution is -2.50. The number of benzene rings is 2. The lowest BCUT2D eigenvalue weighted by Gasteiger charge is -2.41. The molecule has 3 aliphatic rings. The van der Waals surface area contributed by atoms with Gasteiger partial charge >= 0.3 is 12.2 Å². The molecule has 38 heavy (non-hydrogen) atoms. The van der Waals surface area contributed by atoms with Crippen LogP contribution in [0.4, 0.5) is 26.7 Å². The molecule has 0 unspecified atom stereocenters. The number of cyclic esters (lactones) is 1. The molecule has 0 aliphatic carbocycles. The molecule has 0 aromatic heterocycles. The third-order valence-corrected chi connectivity index (χ3v) is 7.42. The van der Waals surface area contributed by atoms with Crippen molar-refractivity contribution >= 4 is 35.2 Å². The number of para-hydroxylation sites is 1. The number of nitrogens with zero attached hydrogens (tertiary/aromatic N) is 4. The molecular weight excluding hydrogens is 490 g/mol. The van der Waals surface area contributed by atoms with Gasteiger partial charge in [0.2, 0.25) is 0 Å². The van der Waals surface area contributed by atoms with Crippen molar-refractivity contribution in [3.8, 4) is 0 Å². The molecule has 2 fully saturated rings. The minimum absolute atomic E-state index is 0.00186. The summed E-state index contributed by atoms with van der Waals surface area (Å²) in [4.78, 5) is 44.8. The van der Waals surface area contributed by atoms with Crippen LogP contribution in [0.25, 0.3) is 0 Å². The third-order valence-electron chi connectivity index (χ3n) is 7.42. The van der Waals surface area contributed by atoms with E-state index in [-0.39, 0.29) is 30.7 Å². The van der Waals surface area contributed by atoms with Gasteiger partial charge in [-0.1, -0.05) is 18.2 Å². The van der Waals surface area contributed by atoms with Crippen molar-refractivity contribution in [2.45, 2.75) is 32.4 Å². The molecule has 202 valence electrons. The Hall–Kier alpha value is -3.99. The SMILES string of the molecule is CCOC(=O)N1CCN(C(=O)c2ccc(N3CCC(N4C(=O)OCc5ccccc54)CC3)c(N[O-])c2)CC1. The molecular formula is C27H32N5O6-. The maximum Gasteiger partial charge on any atom is 0.414 e. The number of anilines is 3.